The molecular formula is C13H11ClN2O4. The molecule has 0 unspecified atom stereocenters. The number of hydrogen-bond acceptors (Lipinski definition) is 5. The minimum absolute atomic E-state index is 0.0423. The average molecular weight is 295 g/mol. The lowest BCUT2D eigenvalue weighted by Crippen LogP contribution is -2.32. The highest BCUT2D eigenvalue weighted by Gasteiger charge is 2.10. The summed E-state index contributed by atoms with van der Waals surface area (Å²) in [5.74, 6) is 0.638. The van der Waals surface area contributed by atoms with Crippen molar-refractivity contribution in [2.45, 2.75) is 13.8 Å². The van der Waals surface area contributed by atoms with Crippen LogP contribution in [0.25, 0.3) is 0 Å². The van der Waals surface area contributed by atoms with Gasteiger partial charge < -0.3 is 14.7 Å². The van der Waals surface area contributed by atoms with Crippen molar-refractivity contribution >= 4 is 17.6 Å². The number of carbonyl (C=O) groups is 1. The minimum Gasteiger partial charge on any atom is -0.593 e. The van der Waals surface area contributed by atoms with Crippen LogP contribution in [-0.2, 0) is 4.79 Å². The van der Waals surface area contributed by atoms with E-state index >= 15 is 0 Å². The first-order chi connectivity index (χ1) is 9.45. The van der Waals surface area contributed by atoms with E-state index < -0.39 is 5.97 Å². The van der Waals surface area contributed by atoms with E-state index in [1.807, 2.05) is 0 Å². The van der Waals surface area contributed by atoms with E-state index in [1.165, 1.54) is 19.1 Å². The molecule has 0 saturated carbocycles. The van der Waals surface area contributed by atoms with Crippen molar-refractivity contribution in [3.05, 3.63) is 46.3 Å². The maximum absolute atomic E-state index is 11.2. The fourth-order valence-corrected chi connectivity index (χ4v) is 1.61. The molecule has 0 radical (unpaired) electrons. The summed E-state index contributed by atoms with van der Waals surface area (Å²) in [4.78, 5) is 11.1. The van der Waals surface area contributed by atoms with E-state index in [4.69, 9.17) is 21.1 Å². The summed E-state index contributed by atoms with van der Waals surface area (Å²) in [6.45, 7) is 3.11. The number of carbonyl (C=O) groups excluding carboxylic acids is 1. The Morgan fingerprint density at radius 3 is 2.70 bits per heavy atom. The third-order valence-electron chi connectivity index (χ3n) is 2.36. The van der Waals surface area contributed by atoms with Gasteiger partial charge in [0.05, 0.1) is 5.10 Å². The number of aryl methyl sites for hydroxylation is 1. The lowest BCUT2D eigenvalue weighted by molar-refractivity contribution is -0.667. The first kappa shape index (κ1) is 14.1. The largest absolute Gasteiger partial charge is 0.593 e. The van der Waals surface area contributed by atoms with Crippen molar-refractivity contribution in [2.75, 3.05) is 0 Å². The summed E-state index contributed by atoms with van der Waals surface area (Å²) in [5, 5.41) is 14.8. The molecule has 20 heavy (non-hydrogen) atoms. The lowest BCUT2D eigenvalue weighted by atomic mass is 10.2. The number of hydrogen-bond donors (Lipinski definition) is 0. The Labute approximate surface area is 120 Å². The number of benzene rings is 1. The second-order valence-corrected chi connectivity index (χ2v) is 4.38. The van der Waals surface area contributed by atoms with Gasteiger partial charge in [0.2, 0.25) is 0 Å². The number of rotatable bonds is 3. The Morgan fingerprint density at radius 2 is 2.10 bits per heavy atom. The molecule has 2 aromatic rings. The Morgan fingerprint density at radius 1 is 1.35 bits per heavy atom. The van der Waals surface area contributed by atoms with Crippen LogP contribution in [0.5, 0.6) is 17.4 Å². The fraction of sp³-hybridized carbons (Fsp3) is 0.154. The van der Waals surface area contributed by atoms with Crippen LogP contribution in [0.3, 0.4) is 0 Å². The van der Waals surface area contributed by atoms with Crippen molar-refractivity contribution in [1.29, 1.82) is 0 Å². The van der Waals surface area contributed by atoms with E-state index in [2.05, 4.69) is 5.10 Å². The predicted molar refractivity (Wildman–Crippen MR) is 70.8 cm³/mol. The highest BCUT2D eigenvalue weighted by Crippen LogP contribution is 2.27. The van der Waals surface area contributed by atoms with Crippen LogP contribution in [0, 0.1) is 12.1 Å². The molecular weight excluding hydrogens is 284 g/mol. The van der Waals surface area contributed by atoms with Crippen molar-refractivity contribution in [3.63, 3.8) is 0 Å². The molecule has 0 amide bonds. The molecule has 0 aliphatic rings. The quantitative estimate of drug-likeness (QED) is 0.376. The standard InChI is InChI=1S/C13H11ClN2O4/c1-8-7-10(19-9(2)17)3-4-11(8)20-13-6-5-12(14)16(18)15-13/h3-7H,1-2H3. The third-order valence-corrected chi connectivity index (χ3v) is 2.63. The molecule has 0 atom stereocenters. The van der Waals surface area contributed by atoms with Crippen molar-refractivity contribution in [2.24, 2.45) is 0 Å². The highest BCUT2D eigenvalue weighted by atomic mass is 35.5. The summed E-state index contributed by atoms with van der Waals surface area (Å²) in [6, 6.07) is 7.73. The van der Waals surface area contributed by atoms with E-state index in [1.54, 1.807) is 25.1 Å². The van der Waals surface area contributed by atoms with Gasteiger partial charge in [0, 0.05) is 19.1 Å². The molecule has 0 aliphatic carbocycles. The van der Waals surface area contributed by atoms with Crippen LogP contribution in [0.4, 0.5) is 0 Å². The molecule has 1 heterocycles. The zero-order chi connectivity index (χ0) is 14.7. The minimum atomic E-state index is -0.398. The summed E-state index contributed by atoms with van der Waals surface area (Å²) < 4.78 is 10.4. The molecule has 1 aromatic heterocycles. The SMILES string of the molecule is CC(=O)Oc1ccc(Oc2ccc(Cl)[n+]([O-])n2)c(C)c1. The van der Waals surface area contributed by atoms with Crippen LogP contribution in [0.15, 0.2) is 30.3 Å². The molecule has 104 valence electrons. The van der Waals surface area contributed by atoms with Gasteiger partial charge >= 0.3 is 11.1 Å². The molecule has 7 heteroatoms. The van der Waals surface area contributed by atoms with E-state index in [9.17, 15) is 10.0 Å². The normalized spacial score (nSPS) is 10.2. The van der Waals surface area contributed by atoms with E-state index in [-0.39, 0.29) is 15.9 Å². The lowest BCUT2D eigenvalue weighted by Gasteiger charge is -2.08. The smallest absolute Gasteiger partial charge is 0.313 e. The van der Waals surface area contributed by atoms with Gasteiger partial charge in [-0.25, -0.2) is 0 Å². The highest BCUT2D eigenvalue weighted by molar-refractivity contribution is 6.28. The zero-order valence-corrected chi connectivity index (χ0v) is 11.5. The van der Waals surface area contributed by atoms with Crippen LogP contribution >= 0.6 is 11.6 Å². The number of ether oxygens (including phenoxy) is 2. The maximum Gasteiger partial charge on any atom is 0.313 e. The van der Waals surface area contributed by atoms with Gasteiger partial charge in [-0.15, -0.1) is 0 Å². The summed E-state index contributed by atoms with van der Waals surface area (Å²) in [7, 11) is 0. The van der Waals surface area contributed by atoms with Gasteiger partial charge in [-0.3, -0.25) is 4.79 Å². The van der Waals surface area contributed by atoms with Crippen LogP contribution in [0.2, 0.25) is 5.15 Å². The predicted octanol–water partition coefficient (Wildman–Crippen LogP) is 2.39. The van der Waals surface area contributed by atoms with Gasteiger partial charge in [-0.2, -0.15) is 0 Å². The Balaban J connectivity index is 2.21. The zero-order valence-electron chi connectivity index (χ0n) is 10.8. The topological polar surface area (TPSA) is 75.4 Å². The molecule has 0 bridgehead atoms. The molecule has 0 N–H and O–H groups in total. The van der Waals surface area contributed by atoms with Gasteiger partial charge in [0.15, 0.2) is 0 Å². The van der Waals surface area contributed by atoms with E-state index in [0.29, 0.717) is 11.5 Å². The summed E-state index contributed by atoms with van der Waals surface area (Å²) in [5.41, 5.74) is 0.734. The summed E-state index contributed by atoms with van der Waals surface area (Å²) in [6.07, 6.45) is 0. The monoisotopic (exact) mass is 294 g/mol. The van der Waals surface area contributed by atoms with Crippen molar-refractivity contribution < 1.29 is 19.1 Å². The number of aromatic nitrogens is 2. The molecule has 0 aliphatic heterocycles. The molecule has 0 saturated heterocycles. The number of nitrogens with zero attached hydrogens (tertiary/aromatic N) is 2. The maximum atomic E-state index is 11.2. The van der Waals surface area contributed by atoms with Crippen LogP contribution in [-0.4, -0.2) is 11.1 Å². The molecule has 1 aromatic carbocycles. The van der Waals surface area contributed by atoms with Crippen LogP contribution < -0.4 is 14.3 Å². The second kappa shape index (κ2) is 5.75. The first-order valence-corrected chi connectivity index (χ1v) is 6.07. The first-order valence-electron chi connectivity index (χ1n) is 5.69. The molecule has 6 nitrogen and oxygen atoms in total. The third kappa shape index (κ3) is 3.36. The Hall–Kier alpha value is -2.34. The number of halogens is 1. The van der Waals surface area contributed by atoms with Gasteiger partial charge in [0.1, 0.15) is 11.5 Å². The summed E-state index contributed by atoms with van der Waals surface area (Å²) >= 11 is 5.57. The Bertz CT molecular complexity index is 661. The van der Waals surface area contributed by atoms with Gasteiger partial charge in [-0.05, 0) is 47.1 Å². The van der Waals surface area contributed by atoms with Gasteiger partial charge in [-0.1, -0.05) is 0 Å². The average Bonchev–Trinajstić information content (AvgIpc) is 2.36. The molecule has 0 fully saturated rings. The van der Waals surface area contributed by atoms with Gasteiger partial charge in [0.25, 0.3) is 5.88 Å². The van der Waals surface area contributed by atoms with E-state index in [0.717, 1.165) is 5.56 Å². The molecule has 0 spiro atoms. The van der Waals surface area contributed by atoms with Crippen molar-refractivity contribution in [1.82, 2.24) is 5.10 Å². The fourth-order valence-electron chi connectivity index (χ4n) is 1.51. The number of esters is 1. The van der Waals surface area contributed by atoms with Crippen LogP contribution in [0.1, 0.15) is 12.5 Å². The molecule has 2 rings (SSSR count). The Kier molecular flexibility index (Phi) is 4.05. The van der Waals surface area contributed by atoms with Crippen molar-refractivity contribution in [3.8, 4) is 17.4 Å². The second-order valence-electron chi connectivity index (χ2n) is 3.99.